The number of benzene rings is 1. The molecule has 0 unspecified atom stereocenters. The molecule has 1 heterocycles. The Morgan fingerprint density at radius 2 is 2.14 bits per heavy atom. The van der Waals surface area contributed by atoms with Gasteiger partial charge in [0, 0.05) is 11.6 Å². The van der Waals surface area contributed by atoms with Gasteiger partial charge in [-0.3, -0.25) is 0 Å². The van der Waals surface area contributed by atoms with Crippen LogP contribution in [0.3, 0.4) is 0 Å². The van der Waals surface area contributed by atoms with E-state index in [9.17, 15) is 13.9 Å². The van der Waals surface area contributed by atoms with E-state index in [0.29, 0.717) is 6.07 Å². The number of halogens is 2. The van der Waals surface area contributed by atoms with Crippen molar-refractivity contribution < 1.29 is 18.6 Å². The van der Waals surface area contributed by atoms with Crippen LogP contribution in [0.25, 0.3) is 0 Å². The lowest BCUT2D eigenvalue weighted by molar-refractivity contribution is 0.0880. The summed E-state index contributed by atoms with van der Waals surface area (Å²) >= 11 is 0. The summed E-state index contributed by atoms with van der Waals surface area (Å²) in [5.74, 6) is -1.68. The third-order valence-corrected chi connectivity index (χ3v) is 2.18. The largest absolute Gasteiger partial charge is 0.488 e. The third kappa shape index (κ3) is 1.34. The van der Waals surface area contributed by atoms with Gasteiger partial charge in [-0.15, -0.1) is 0 Å². The first-order chi connectivity index (χ1) is 6.59. The molecule has 0 amide bonds. The van der Waals surface area contributed by atoms with Crippen molar-refractivity contribution in [2.75, 3.05) is 6.61 Å². The van der Waals surface area contributed by atoms with Gasteiger partial charge in [-0.05, 0) is 6.07 Å². The molecule has 76 valence electrons. The average molecular weight is 201 g/mol. The molecule has 0 bridgehead atoms. The highest BCUT2D eigenvalue weighted by atomic mass is 19.1. The maximum Gasteiger partial charge on any atom is 0.168 e. The van der Waals surface area contributed by atoms with Crippen LogP contribution in [0.2, 0.25) is 0 Å². The van der Waals surface area contributed by atoms with Crippen molar-refractivity contribution in [1.82, 2.24) is 0 Å². The summed E-state index contributed by atoms with van der Waals surface area (Å²) in [5, 5.41) is 9.54. The number of hydrogen-bond acceptors (Lipinski definition) is 3. The molecule has 3 N–H and O–H groups in total. The van der Waals surface area contributed by atoms with Crippen molar-refractivity contribution in [2.24, 2.45) is 5.73 Å². The Labute approximate surface area is 79.1 Å². The summed E-state index contributed by atoms with van der Waals surface area (Å²) in [4.78, 5) is 0. The fourth-order valence-electron chi connectivity index (χ4n) is 1.45. The standard InChI is InChI=1S/C9H9F2NO2/c10-4-1-5-8(13)7(12)3-14-9(5)6(11)2-4/h1-2,7-8,13H,3,12H2/t7-,8-/m1/s1. The topological polar surface area (TPSA) is 55.5 Å². The summed E-state index contributed by atoms with van der Waals surface area (Å²) in [5.41, 5.74) is 5.54. The van der Waals surface area contributed by atoms with Gasteiger partial charge in [0.1, 0.15) is 18.5 Å². The van der Waals surface area contributed by atoms with E-state index in [1.807, 2.05) is 0 Å². The van der Waals surface area contributed by atoms with E-state index in [1.54, 1.807) is 0 Å². The van der Waals surface area contributed by atoms with Gasteiger partial charge in [-0.1, -0.05) is 0 Å². The van der Waals surface area contributed by atoms with E-state index in [2.05, 4.69) is 0 Å². The van der Waals surface area contributed by atoms with Crippen LogP contribution < -0.4 is 10.5 Å². The second kappa shape index (κ2) is 3.18. The highest BCUT2D eigenvalue weighted by molar-refractivity contribution is 5.39. The first kappa shape index (κ1) is 9.36. The highest BCUT2D eigenvalue weighted by Gasteiger charge is 2.29. The summed E-state index contributed by atoms with van der Waals surface area (Å²) in [7, 11) is 0. The van der Waals surface area contributed by atoms with Crippen LogP contribution in [-0.2, 0) is 0 Å². The number of aliphatic hydroxyl groups is 1. The predicted octanol–water partition coefficient (Wildman–Crippen LogP) is 0.718. The summed E-state index contributed by atoms with van der Waals surface area (Å²) < 4.78 is 30.9. The smallest absolute Gasteiger partial charge is 0.168 e. The van der Waals surface area contributed by atoms with Gasteiger partial charge >= 0.3 is 0 Å². The lowest BCUT2D eigenvalue weighted by Crippen LogP contribution is -2.38. The van der Waals surface area contributed by atoms with Crippen molar-refractivity contribution in [2.45, 2.75) is 12.1 Å². The van der Waals surface area contributed by atoms with E-state index in [4.69, 9.17) is 10.5 Å². The molecule has 5 heteroatoms. The van der Waals surface area contributed by atoms with Crippen LogP contribution in [0, 0.1) is 11.6 Å². The third-order valence-electron chi connectivity index (χ3n) is 2.18. The number of fused-ring (bicyclic) bond motifs is 1. The molecule has 1 aromatic carbocycles. The van der Waals surface area contributed by atoms with Crippen molar-refractivity contribution in [3.63, 3.8) is 0 Å². The molecule has 0 fully saturated rings. The maximum atomic E-state index is 13.1. The summed E-state index contributed by atoms with van der Waals surface area (Å²) in [6, 6.07) is 1.09. The first-order valence-electron chi connectivity index (χ1n) is 4.15. The summed E-state index contributed by atoms with van der Waals surface area (Å²) in [6.45, 7) is 0.0245. The molecular weight excluding hydrogens is 192 g/mol. The zero-order valence-corrected chi connectivity index (χ0v) is 7.21. The van der Waals surface area contributed by atoms with Gasteiger partial charge < -0.3 is 15.6 Å². The van der Waals surface area contributed by atoms with Crippen LogP contribution in [0.4, 0.5) is 8.78 Å². The SMILES string of the molecule is N[C@@H]1COc2c(F)cc(F)cc2[C@H]1O. The minimum Gasteiger partial charge on any atom is -0.488 e. The van der Waals surface area contributed by atoms with E-state index in [-0.39, 0.29) is 17.9 Å². The number of ether oxygens (including phenoxy) is 1. The van der Waals surface area contributed by atoms with Gasteiger partial charge in [0.2, 0.25) is 0 Å². The predicted molar refractivity (Wildman–Crippen MR) is 44.8 cm³/mol. The zero-order chi connectivity index (χ0) is 10.3. The molecule has 2 atom stereocenters. The van der Waals surface area contributed by atoms with Crippen molar-refractivity contribution in [3.8, 4) is 5.75 Å². The molecule has 0 radical (unpaired) electrons. The molecule has 1 aliphatic rings. The molecule has 0 saturated heterocycles. The Morgan fingerprint density at radius 1 is 1.43 bits per heavy atom. The minimum absolute atomic E-state index is 0.0245. The quantitative estimate of drug-likeness (QED) is 0.650. The molecule has 0 spiro atoms. The second-order valence-corrected chi connectivity index (χ2v) is 3.23. The van der Waals surface area contributed by atoms with Crippen molar-refractivity contribution >= 4 is 0 Å². The average Bonchev–Trinajstić information content (AvgIpc) is 2.12. The Morgan fingerprint density at radius 3 is 2.86 bits per heavy atom. The van der Waals surface area contributed by atoms with Crippen molar-refractivity contribution in [3.05, 3.63) is 29.3 Å². The Kier molecular flexibility index (Phi) is 2.13. The molecule has 14 heavy (non-hydrogen) atoms. The molecule has 3 nitrogen and oxygen atoms in total. The van der Waals surface area contributed by atoms with Crippen LogP contribution >= 0.6 is 0 Å². The Bertz CT molecular complexity index is 370. The van der Waals surface area contributed by atoms with E-state index in [1.165, 1.54) is 0 Å². The monoisotopic (exact) mass is 201 g/mol. The molecule has 2 rings (SSSR count). The van der Waals surface area contributed by atoms with E-state index in [0.717, 1.165) is 6.07 Å². The number of nitrogens with two attached hydrogens (primary N) is 1. The van der Waals surface area contributed by atoms with Gasteiger partial charge in [0.15, 0.2) is 11.6 Å². The Hall–Kier alpha value is -1.20. The molecular formula is C9H9F2NO2. The lowest BCUT2D eigenvalue weighted by atomic mass is 9.99. The van der Waals surface area contributed by atoms with Crippen LogP contribution in [0.15, 0.2) is 12.1 Å². The van der Waals surface area contributed by atoms with Gasteiger partial charge in [0.25, 0.3) is 0 Å². The fourth-order valence-corrected chi connectivity index (χ4v) is 1.45. The molecule has 0 saturated carbocycles. The molecule has 0 aliphatic carbocycles. The second-order valence-electron chi connectivity index (χ2n) is 3.23. The first-order valence-corrected chi connectivity index (χ1v) is 4.15. The number of aliphatic hydroxyl groups excluding tert-OH is 1. The van der Waals surface area contributed by atoms with Crippen LogP contribution in [0.1, 0.15) is 11.7 Å². The van der Waals surface area contributed by atoms with Crippen molar-refractivity contribution in [1.29, 1.82) is 0 Å². The maximum absolute atomic E-state index is 13.1. The molecule has 1 aromatic rings. The van der Waals surface area contributed by atoms with Gasteiger partial charge in [0.05, 0.1) is 6.04 Å². The highest BCUT2D eigenvalue weighted by Crippen LogP contribution is 2.34. The van der Waals surface area contributed by atoms with E-state index < -0.39 is 23.8 Å². The van der Waals surface area contributed by atoms with Crippen LogP contribution in [0.5, 0.6) is 5.75 Å². The fraction of sp³-hybridized carbons (Fsp3) is 0.333. The molecule has 1 aliphatic heterocycles. The van der Waals surface area contributed by atoms with Gasteiger partial charge in [-0.25, -0.2) is 8.78 Å². The van der Waals surface area contributed by atoms with Crippen LogP contribution in [-0.4, -0.2) is 17.8 Å². The lowest BCUT2D eigenvalue weighted by Gasteiger charge is -2.27. The zero-order valence-electron chi connectivity index (χ0n) is 7.21. The van der Waals surface area contributed by atoms with E-state index >= 15 is 0 Å². The summed E-state index contributed by atoms with van der Waals surface area (Å²) in [6.07, 6.45) is -1.08. The molecule has 0 aromatic heterocycles. The minimum atomic E-state index is -1.08. The van der Waals surface area contributed by atoms with Gasteiger partial charge in [-0.2, -0.15) is 0 Å². The number of rotatable bonds is 0. The normalized spacial score (nSPS) is 25.4. The number of hydrogen-bond donors (Lipinski definition) is 2. The Balaban J connectivity index is 2.54.